The molecule has 1 amide bonds. The third kappa shape index (κ3) is 2.33. The quantitative estimate of drug-likeness (QED) is 0.794. The molecule has 0 aliphatic heterocycles. The molecule has 0 bridgehead atoms. The lowest BCUT2D eigenvalue weighted by atomic mass is 9.88. The lowest BCUT2D eigenvalue weighted by Crippen LogP contribution is -2.21. The van der Waals surface area contributed by atoms with Crippen LogP contribution in [0.3, 0.4) is 0 Å². The topological polar surface area (TPSA) is 78.3 Å². The van der Waals surface area contributed by atoms with Gasteiger partial charge in [-0.15, -0.1) is 0 Å². The summed E-state index contributed by atoms with van der Waals surface area (Å²) in [5.41, 5.74) is 13.5. The number of aryl methyl sites for hydroxylation is 1. The van der Waals surface area contributed by atoms with Crippen molar-refractivity contribution in [3.63, 3.8) is 0 Å². The second-order valence-electron chi connectivity index (χ2n) is 4.11. The first kappa shape index (κ1) is 11.0. The average molecular weight is 220 g/mol. The van der Waals surface area contributed by atoms with E-state index in [9.17, 15) is 4.79 Å². The third-order valence-electron chi connectivity index (χ3n) is 2.86. The highest BCUT2D eigenvalue weighted by atomic mass is 16.5. The molecule has 0 saturated heterocycles. The van der Waals surface area contributed by atoms with Gasteiger partial charge in [0.1, 0.15) is 5.75 Å². The molecule has 16 heavy (non-hydrogen) atoms. The van der Waals surface area contributed by atoms with Crippen LogP contribution in [0.5, 0.6) is 5.75 Å². The monoisotopic (exact) mass is 220 g/mol. The summed E-state index contributed by atoms with van der Waals surface area (Å²) < 4.78 is 5.25. The van der Waals surface area contributed by atoms with Crippen LogP contribution in [0, 0.1) is 0 Å². The zero-order valence-corrected chi connectivity index (χ0v) is 9.11. The normalized spacial score (nSPS) is 18.9. The maximum atomic E-state index is 10.6. The Bertz CT molecular complexity index is 404. The summed E-state index contributed by atoms with van der Waals surface area (Å²) in [5, 5.41) is 0. The molecule has 1 aromatic rings. The second-order valence-corrected chi connectivity index (χ2v) is 4.11. The van der Waals surface area contributed by atoms with E-state index in [1.165, 1.54) is 5.56 Å². The van der Waals surface area contributed by atoms with Gasteiger partial charge in [-0.1, -0.05) is 6.07 Å². The van der Waals surface area contributed by atoms with E-state index in [0.717, 1.165) is 24.8 Å². The molecule has 1 aliphatic rings. The first-order chi connectivity index (χ1) is 7.66. The minimum absolute atomic E-state index is 0.0841. The fraction of sp³-hybridized carbons (Fsp3) is 0.417. The zero-order valence-electron chi connectivity index (χ0n) is 9.11. The molecule has 0 saturated carbocycles. The molecular formula is C12H16N2O2. The summed E-state index contributed by atoms with van der Waals surface area (Å²) in [4.78, 5) is 10.6. The highest BCUT2D eigenvalue weighted by molar-refractivity contribution is 5.75. The van der Waals surface area contributed by atoms with E-state index in [1.807, 2.05) is 18.2 Å². The van der Waals surface area contributed by atoms with Crippen molar-refractivity contribution in [2.45, 2.75) is 25.3 Å². The molecule has 4 heteroatoms. The molecule has 1 unspecified atom stereocenters. The van der Waals surface area contributed by atoms with Crippen molar-refractivity contribution >= 4 is 5.91 Å². The van der Waals surface area contributed by atoms with Crippen molar-refractivity contribution in [2.75, 3.05) is 6.61 Å². The first-order valence-electron chi connectivity index (χ1n) is 5.46. The Hall–Kier alpha value is -1.55. The minimum atomic E-state index is -0.470. The number of hydrogen-bond acceptors (Lipinski definition) is 3. The SMILES string of the molecule is NC(=O)COc1ccc2c(c1)C(N)CCC2. The lowest BCUT2D eigenvalue weighted by molar-refractivity contribution is -0.119. The Morgan fingerprint density at radius 1 is 1.50 bits per heavy atom. The number of primary amides is 1. The molecule has 2 rings (SSSR count). The van der Waals surface area contributed by atoms with Crippen LogP contribution in [-0.4, -0.2) is 12.5 Å². The van der Waals surface area contributed by atoms with Crippen molar-refractivity contribution in [3.05, 3.63) is 29.3 Å². The summed E-state index contributed by atoms with van der Waals surface area (Å²) in [6.45, 7) is -0.0893. The van der Waals surface area contributed by atoms with Gasteiger partial charge in [0, 0.05) is 6.04 Å². The van der Waals surface area contributed by atoms with Crippen molar-refractivity contribution in [3.8, 4) is 5.75 Å². The van der Waals surface area contributed by atoms with Gasteiger partial charge >= 0.3 is 0 Å². The molecule has 4 N–H and O–H groups in total. The van der Waals surface area contributed by atoms with Crippen LogP contribution < -0.4 is 16.2 Å². The van der Waals surface area contributed by atoms with Gasteiger partial charge in [-0.3, -0.25) is 4.79 Å². The minimum Gasteiger partial charge on any atom is -0.484 e. The highest BCUT2D eigenvalue weighted by Crippen LogP contribution is 2.30. The van der Waals surface area contributed by atoms with E-state index in [2.05, 4.69) is 0 Å². The summed E-state index contributed by atoms with van der Waals surface area (Å²) in [5.74, 6) is 0.192. The molecule has 1 aliphatic carbocycles. The van der Waals surface area contributed by atoms with Crippen LogP contribution >= 0.6 is 0 Å². The Morgan fingerprint density at radius 3 is 3.06 bits per heavy atom. The number of carbonyl (C=O) groups excluding carboxylic acids is 1. The molecule has 0 aromatic heterocycles. The molecular weight excluding hydrogens is 204 g/mol. The van der Waals surface area contributed by atoms with Crippen LogP contribution in [0.4, 0.5) is 0 Å². The fourth-order valence-electron chi connectivity index (χ4n) is 2.06. The Kier molecular flexibility index (Phi) is 3.10. The molecule has 4 nitrogen and oxygen atoms in total. The van der Waals surface area contributed by atoms with Gasteiger partial charge < -0.3 is 16.2 Å². The Labute approximate surface area is 94.6 Å². The van der Waals surface area contributed by atoms with E-state index in [4.69, 9.17) is 16.2 Å². The van der Waals surface area contributed by atoms with Gasteiger partial charge in [-0.2, -0.15) is 0 Å². The van der Waals surface area contributed by atoms with Gasteiger partial charge in [0.2, 0.25) is 0 Å². The summed E-state index contributed by atoms with van der Waals surface area (Å²) in [6.07, 6.45) is 3.21. The highest BCUT2D eigenvalue weighted by Gasteiger charge is 2.17. The molecule has 0 spiro atoms. The fourth-order valence-corrected chi connectivity index (χ4v) is 2.06. The molecule has 0 radical (unpaired) electrons. The van der Waals surface area contributed by atoms with Crippen LogP contribution in [0.15, 0.2) is 18.2 Å². The first-order valence-corrected chi connectivity index (χ1v) is 5.46. The van der Waals surface area contributed by atoms with Gasteiger partial charge in [-0.25, -0.2) is 0 Å². The second kappa shape index (κ2) is 4.53. The zero-order chi connectivity index (χ0) is 11.5. The van der Waals surface area contributed by atoms with E-state index in [-0.39, 0.29) is 12.6 Å². The maximum absolute atomic E-state index is 10.6. The van der Waals surface area contributed by atoms with Crippen LogP contribution in [0.1, 0.15) is 30.0 Å². The van der Waals surface area contributed by atoms with Crippen molar-refractivity contribution in [1.29, 1.82) is 0 Å². The Balaban J connectivity index is 2.17. The predicted octanol–water partition coefficient (Wildman–Crippen LogP) is 0.887. The number of ether oxygens (including phenoxy) is 1. The number of fused-ring (bicyclic) bond motifs is 1. The third-order valence-corrected chi connectivity index (χ3v) is 2.86. The van der Waals surface area contributed by atoms with Crippen molar-refractivity contribution < 1.29 is 9.53 Å². The molecule has 0 heterocycles. The van der Waals surface area contributed by atoms with E-state index >= 15 is 0 Å². The van der Waals surface area contributed by atoms with Crippen molar-refractivity contribution in [1.82, 2.24) is 0 Å². The van der Waals surface area contributed by atoms with E-state index < -0.39 is 5.91 Å². The molecule has 0 fully saturated rings. The average Bonchev–Trinajstić information content (AvgIpc) is 2.27. The maximum Gasteiger partial charge on any atom is 0.255 e. The summed E-state index contributed by atoms with van der Waals surface area (Å²) >= 11 is 0. The smallest absolute Gasteiger partial charge is 0.255 e. The largest absolute Gasteiger partial charge is 0.484 e. The van der Waals surface area contributed by atoms with E-state index in [0.29, 0.717) is 5.75 Å². The predicted molar refractivity (Wildman–Crippen MR) is 61.0 cm³/mol. The summed E-state index contributed by atoms with van der Waals surface area (Å²) in [6, 6.07) is 5.88. The molecule has 86 valence electrons. The number of nitrogens with two attached hydrogens (primary N) is 2. The number of benzene rings is 1. The van der Waals surface area contributed by atoms with Gasteiger partial charge in [-0.05, 0) is 42.5 Å². The van der Waals surface area contributed by atoms with Crippen LogP contribution in [0.25, 0.3) is 0 Å². The number of amides is 1. The molecule has 1 atom stereocenters. The van der Waals surface area contributed by atoms with Crippen LogP contribution in [0.2, 0.25) is 0 Å². The number of carbonyl (C=O) groups is 1. The Morgan fingerprint density at radius 2 is 2.31 bits per heavy atom. The van der Waals surface area contributed by atoms with Crippen LogP contribution in [-0.2, 0) is 11.2 Å². The van der Waals surface area contributed by atoms with Gasteiger partial charge in [0.25, 0.3) is 5.91 Å². The molecule has 1 aromatic carbocycles. The number of hydrogen-bond donors (Lipinski definition) is 2. The lowest BCUT2D eigenvalue weighted by Gasteiger charge is -2.22. The van der Waals surface area contributed by atoms with Gasteiger partial charge in [0.15, 0.2) is 6.61 Å². The van der Waals surface area contributed by atoms with Crippen molar-refractivity contribution in [2.24, 2.45) is 11.5 Å². The van der Waals surface area contributed by atoms with E-state index in [1.54, 1.807) is 0 Å². The van der Waals surface area contributed by atoms with Gasteiger partial charge in [0.05, 0.1) is 0 Å². The number of rotatable bonds is 3. The summed E-state index contributed by atoms with van der Waals surface area (Å²) in [7, 11) is 0. The standard InChI is InChI=1S/C12H16N2O2/c13-11-3-1-2-8-4-5-9(6-10(8)11)16-7-12(14)15/h4-6,11H,1-3,7,13H2,(H2,14,15).